The van der Waals surface area contributed by atoms with E-state index in [0.717, 1.165) is 12.0 Å². The number of amides is 1. The smallest absolute Gasteiger partial charge is 0.297 e. The summed E-state index contributed by atoms with van der Waals surface area (Å²) in [6, 6.07) is 13.3. The number of rotatable bonds is 12. The van der Waals surface area contributed by atoms with E-state index in [1.807, 2.05) is 20.8 Å². The second-order valence-corrected chi connectivity index (χ2v) is 8.47. The van der Waals surface area contributed by atoms with Gasteiger partial charge in [-0.05, 0) is 56.7 Å². The lowest BCUT2D eigenvalue weighted by molar-refractivity contribution is -0.117. The van der Waals surface area contributed by atoms with Gasteiger partial charge in [0.05, 0.1) is 24.0 Å². The average molecular weight is 436 g/mol. The Morgan fingerprint density at radius 2 is 1.67 bits per heavy atom. The van der Waals surface area contributed by atoms with Crippen molar-refractivity contribution >= 4 is 21.7 Å². The molecule has 2 aromatic carbocycles. The minimum absolute atomic E-state index is 0.0732. The lowest BCUT2D eigenvalue weighted by atomic mass is 10.2. The van der Waals surface area contributed by atoms with Crippen LogP contribution in [0.15, 0.2) is 53.4 Å². The van der Waals surface area contributed by atoms with Crippen molar-refractivity contribution in [1.82, 2.24) is 0 Å². The molecule has 0 heterocycles. The molecule has 0 aliphatic heterocycles. The molecule has 7 nitrogen and oxygen atoms in total. The van der Waals surface area contributed by atoms with Crippen LogP contribution in [0.3, 0.4) is 0 Å². The fraction of sp³-hybridized carbons (Fsp3) is 0.409. The molecule has 1 amide bonds. The number of benzene rings is 2. The van der Waals surface area contributed by atoms with Crippen molar-refractivity contribution in [3.8, 4) is 5.75 Å². The molecule has 1 atom stereocenters. The Morgan fingerprint density at radius 1 is 1.00 bits per heavy atom. The summed E-state index contributed by atoms with van der Waals surface area (Å²) in [5.41, 5.74) is 1.62. The Balaban J connectivity index is 1.71. The molecule has 0 saturated carbocycles. The van der Waals surface area contributed by atoms with Crippen LogP contribution in [-0.2, 0) is 23.8 Å². The predicted molar refractivity (Wildman–Crippen MR) is 115 cm³/mol. The number of anilines is 1. The van der Waals surface area contributed by atoms with Gasteiger partial charge in [-0.15, -0.1) is 0 Å². The minimum atomic E-state index is -3.80. The van der Waals surface area contributed by atoms with Crippen LogP contribution in [0, 0.1) is 6.92 Å². The van der Waals surface area contributed by atoms with E-state index >= 15 is 0 Å². The van der Waals surface area contributed by atoms with Crippen LogP contribution < -0.4 is 10.1 Å². The van der Waals surface area contributed by atoms with Gasteiger partial charge < -0.3 is 14.8 Å². The monoisotopic (exact) mass is 435 g/mol. The van der Waals surface area contributed by atoms with Gasteiger partial charge in [-0.3, -0.25) is 8.98 Å². The van der Waals surface area contributed by atoms with Gasteiger partial charge in [0.2, 0.25) is 5.91 Å². The highest BCUT2D eigenvalue weighted by Crippen LogP contribution is 2.17. The van der Waals surface area contributed by atoms with Gasteiger partial charge >= 0.3 is 0 Å². The lowest BCUT2D eigenvalue weighted by Crippen LogP contribution is -2.16. The van der Waals surface area contributed by atoms with E-state index in [2.05, 4.69) is 5.32 Å². The Morgan fingerprint density at radius 3 is 2.30 bits per heavy atom. The highest BCUT2D eigenvalue weighted by Gasteiger charge is 2.14. The van der Waals surface area contributed by atoms with Gasteiger partial charge in [0, 0.05) is 5.69 Å². The third-order valence-electron chi connectivity index (χ3n) is 4.34. The number of aryl methyl sites for hydroxylation is 1. The van der Waals surface area contributed by atoms with E-state index in [9.17, 15) is 13.2 Å². The van der Waals surface area contributed by atoms with Crippen molar-refractivity contribution in [2.45, 2.75) is 44.6 Å². The molecular formula is C22H29NO6S. The normalized spacial score (nSPS) is 12.4. The first-order valence-corrected chi connectivity index (χ1v) is 11.3. The van der Waals surface area contributed by atoms with Crippen LogP contribution >= 0.6 is 0 Å². The van der Waals surface area contributed by atoms with Crippen molar-refractivity contribution < 1.29 is 26.9 Å². The summed E-state index contributed by atoms with van der Waals surface area (Å²) in [7, 11) is -3.80. The number of hydrogen-bond donors (Lipinski definition) is 1. The maximum absolute atomic E-state index is 12.1. The highest BCUT2D eigenvalue weighted by atomic mass is 32.2. The first-order chi connectivity index (χ1) is 14.3. The minimum Gasteiger partial charge on any atom is -0.491 e. The van der Waals surface area contributed by atoms with Gasteiger partial charge in [0.25, 0.3) is 10.1 Å². The van der Waals surface area contributed by atoms with Crippen LogP contribution in [0.2, 0.25) is 0 Å². The first kappa shape index (κ1) is 23.9. The molecule has 2 aromatic rings. The van der Waals surface area contributed by atoms with Crippen LogP contribution in [0.25, 0.3) is 0 Å². The Labute approximate surface area is 178 Å². The maximum Gasteiger partial charge on any atom is 0.297 e. The fourth-order valence-electron chi connectivity index (χ4n) is 2.40. The molecule has 30 heavy (non-hydrogen) atoms. The molecule has 1 N–H and O–H groups in total. The van der Waals surface area contributed by atoms with Crippen molar-refractivity contribution in [1.29, 1.82) is 0 Å². The molecule has 0 aliphatic carbocycles. The molecule has 1 unspecified atom stereocenters. The summed E-state index contributed by atoms with van der Waals surface area (Å²) in [5, 5.41) is 2.79. The van der Waals surface area contributed by atoms with Gasteiger partial charge in [-0.2, -0.15) is 8.42 Å². The summed E-state index contributed by atoms with van der Waals surface area (Å²) in [5.74, 6) is 0.422. The molecule has 0 spiro atoms. The van der Waals surface area contributed by atoms with E-state index in [0.29, 0.717) is 18.0 Å². The second-order valence-electron chi connectivity index (χ2n) is 6.85. The van der Waals surface area contributed by atoms with Crippen LogP contribution in [0.5, 0.6) is 5.75 Å². The molecule has 8 heteroatoms. The molecule has 0 radical (unpaired) electrons. The van der Waals surface area contributed by atoms with Gasteiger partial charge in [0.1, 0.15) is 19.0 Å². The van der Waals surface area contributed by atoms with Crippen LogP contribution in [-0.4, -0.2) is 40.2 Å². The zero-order chi connectivity index (χ0) is 22.0. The Bertz CT molecular complexity index is 894. The van der Waals surface area contributed by atoms with E-state index in [1.54, 1.807) is 36.4 Å². The average Bonchev–Trinajstić information content (AvgIpc) is 2.72. The fourth-order valence-corrected chi connectivity index (χ4v) is 3.30. The lowest BCUT2D eigenvalue weighted by Gasteiger charge is -2.11. The molecular weight excluding hydrogens is 406 g/mol. The van der Waals surface area contributed by atoms with Crippen molar-refractivity contribution in [2.24, 2.45) is 0 Å². The number of hydrogen-bond acceptors (Lipinski definition) is 6. The molecule has 164 valence electrons. The first-order valence-electron chi connectivity index (χ1n) is 9.90. The quantitative estimate of drug-likeness (QED) is 0.401. The molecule has 2 rings (SSSR count). The summed E-state index contributed by atoms with van der Waals surface area (Å²) in [4.78, 5) is 12.0. The zero-order valence-corrected chi connectivity index (χ0v) is 18.4. The van der Waals surface area contributed by atoms with Crippen molar-refractivity contribution in [2.75, 3.05) is 25.1 Å². The summed E-state index contributed by atoms with van der Waals surface area (Å²) in [6.07, 6.45) is 1.34. The van der Waals surface area contributed by atoms with Crippen LogP contribution in [0.1, 0.15) is 32.3 Å². The number of nitrogens with one attached hydrogen (secondary N) is 1. The Kier molecular flexibility index (Phi) is 9.29. The molecule has 0 aliphatic rings. The zero-order valence-electron chi connectivity index (χ0n) is 17.6. The molecule has 0 aromatic heterocycles. The van der Waals surface area contributed by atoms with E-state index in [-0.39, 0.29) is 36.5 Å². The maximum atomic E-state index is 12.1. The molecule has 0 bridgehead atoms. The van der Waals surface area contributed by atoms with Crippen LogP contribution in [0.4, 0.5) is 5.69 Å². The third kappa shape index (κ3) is 8.14. The summed E-state index contributed by atoms with van der Waals surface area (Å²) >= 11 is 0. The largest absolute Gasteiger partial charge is 0.491 e. The second kappa shape index (κ2) is 11.7. The summed E-state index contributed by atoms with van der Waals surface area (Å²) in [6.45, 7) is 6.23. The summed E-state index contributed by atoms with van der Waals surface area (Å²) < 4.78 is 40.2. The Hall–Kier alpha value is -2.42. The number of carbonyl (C=O) groups excluding carboxylic acids is 1. The predicted octanol–water partition coefficient (Wildman–Crippen LogP) is 3.92. The van der Waals surface area contributed by atoms with Crippen molar-refractivity contribution in [3.63, 3.8) is 0 Å². The van der Waals surface area contributed by atoms with Crippen molar-refractivity contribution in [3.05, 3.63) is 54.1 Å². The molecule has 0 fully saturated rings. The van der Waals surface area contributed by atoms with E-state index in [4.69, 9.17) is 13.7 Å². The standard InChI is InChI=1S/C22H29NO6S/c1-4-18(3)27-14-13-22(24)23-19-7-9-20(10-8-19)28-15-16-29-30(25,26)21-11-5-17(2)6-12-21/h5-12,18H,4,13-16H2,1-3H3,(H,23,24). The van der Waals surface area contributed by atoms with Gasteiger partial charge in [-0.25, -0.2) is 0 Å². The van der Waals surface area contributed by atoms with Gasteiger partial charge in [-0.1, -0.05) is 24.6 Å². The van der Waals surface area contributed by atoms with Gasteiger partial charge in [0.15, 0.2) is 0 Å². The molecule has 0 saturated heterocycles. The topological polar surface area (TPSA) is 90.9 Å². The van der Waals surface area contributed by atoms with E-state index < -0.39 is 10.1 Å². The number of carbonyl (C=O) groups is 1. The SMILES string of the molecule is CCC(C)OCCC(=O)Nc1ccc(OCCOS(=O)(=O)c2ccc(C)cc2)cc1. The number of ether oxygens (including phenoxy) is 2. The van der Waals surface area contributed by atoms with E-state index in [1.165, 1.54) is 12.1 Å². The highest BCUT2D eigenvalue weighted by molar-refractivity contribution is 7.86. The third-order valence-corrected chi connectivity index (χ3v) is 5.67.